The smallest absolute Gasteiger partial charge is 0.397 e. The summed E-state index contributed by atoms with van der Waals surface area (Å²) in [6.45, 7) is 3.91. The van der Waals surface area contributed by atoms with Crippen LogP contribution in [0.15, 0.2) is 24.3 Å². The summed E-state index contributed by atoms with van der Waals surface area (Å²) < 4.78 is 58.9. The van der Waals surface area contributed by atoms with Crippen molar-refractivity contribution in [3.63, 3.8) is 0 Å². The van der Waals surface area contributed by atoms with Crippen LogP contribution in [0.4, 0.5) is 0 Å². The van der Waals surface area contributed by atoms with Gasteiger partial charge in [0.2, 0.25) is 0 Å². The van der Waals surface area contributed by atoms with Crippen molar-refractivity contribution >= 4 is 16.4 Å². The van der Waals surface area contributed by atoms with Crippen LogP contribution in [0.1, 0.15) is 181 Å². The van der Waals surface area contributed by atoms with Crippen LogP contribution in [0.25, 0.3) is 0 Å². The number of hydrogen-bond acceptors (Lipinski definition) is 11. The lowest BCUT2D eigenvalue weighted by molar-refractivity contribution is -0.301. The number of unbranched alkanes of at least 4 members (excludes halogenated alkanes) is 21. The Labute approximate surface area is 340 Å². The maximum atomic E-state index is 12.8. The second-order valence-electron chi connectivity index (χ2n) is 15.3. The van der Waals surface area contributed by atoms with Crippen LogP contribution in [0.3, 0.4) is 0 Å². The fraction of sp³-hybridized carbons (Fsp3) is 0.884. The number of allylic oxidation sites excluding steroid dienone is 4. The van der Waals surface area contributed by atoms with Crippen molar-refractivity contribution < 1.29 is 56.2 Å². The van der Waals surface area contributed by atoms with E-state index in [2.05, 4.69) is 42.3 Å². The van der Waals surface area contributed by atoms with Gasteiger partial charge in [-0.3, -0.25) is 9.35 Å². The molecule has 0 bridgehead atoms. The number of rotatable bonds is 38. The predicted octanol–water partition coefficient (Wildman–Crippen LogP) is 8.85. The number of ether oxygens (including phenoxy) is 4. The molecule has 12 nitrogen and oxygen atoms in total. The summed E-state index contributed by atoms with van der Waals surface area (Å²) >= 11 is 0. The van der Waals surface area contributed by atoms with E-state index in [1.54, 1.807) is 0 Å². The third-order valence-corrected chi connectivity index (χ3v) is 10.5. The van der Waals surface area contributed by atoms with Crippen molar-refractivity contribution in [3.05, 3.63) is 24.3 Å². The van der Waals surface area contributed by atoms with Gasteiger partial charge in [-0.05, 0) is 57.8 Å². The summed E-state index contributed by atoms with van der Waals surface area (Å²) in [5.41, 5.74) is 0. The Morgan fingerprint density at radius 1 is 0.661 bits per heavy atom. The number of carbonyl (C=O) groups is 1. The molecule has 0 amide bonds. The highest BCUT2D eigenvalue weighted by molar-refractivity contribution is 7.80. The van der Waals surface area contributed by atoms with Crippen LogP contribution >= 0.6 is 0 Å². The monoisotopic (exact) mass is 821 g/mol. The van der Waals surface area contributed by atoms with Gasteiger partial charge in [0.15, 0.2) is 6.29 Å². The van der Waals surface area contributed by atoms with Gasteiger partial charge in [-0.15, -0.1) is 0 Å². The summed E-state index contributed by atoms with van der Waals surface area (Å²) in [5.74, 6) is -0.406. The summed E-state index contributed by atoms with van der Waals surface area (Å²) in [4.78, 5) is 12.8. The standard InChI is InChI=1S/C43H80O12S/c1-3-5-7-9-11-13-15-16-17-18-19-20-21-22-24-26-28-30-32-39(45)53-37(35-51-33-31-29-27-25-23-14-12-10-8-6-4-2)36-52-43-41(47)42(55-56(48,49)50)40(46)38(34-44)54-43/h8,10,17-18,37-38,40-44,46-47H,3-7,9,11-16,19-36H2,1-2H3,(H,48,49,50)/b10-8-,18-17-. The van der Waals surface area contributed by atoms with E-state index in [4.69, 9.17) is 23.5 Å². The zero-order valence-electron chi connectivity index (χ0n) is 34.9. The number of carbonyl (C=O) groups excluding carboxylic acids is 1. The van der Waals surface area contributed by atoms with Gasteiger partial charge in [0.25, 0.3) is 0 Å². The van der Waals surface area contributed by atoms with E-state index in [-0.39, 0.29) is 19.6 Å². The van der Waals surface area contributed by atoms with E-state index in [0.29, 0.717) is 13.0 Å². The Kier molecular flexibility index (Phi) is 33.4. The van der Waals surface area contributed by atoms with Crippen LogP contribution in [-0.4, -0.2) is 97.5 Å². The van der Waals surface area contributed by atoms with Crippen molar-refractivity contribution in [2.75, 3.05) is 26.4 Å². The molecule has 6 unspecified atom stereocenters. The molecule has 56 heavy (non-hydrogen) atoms. The Hall–Kier alpha value is -1.42. The molecule has 0 radical (unpaired) electrons. The third-order valence-electron chi connectivity index (χ3n) is 10.0. The molecule has 0 saturated carbocycles. The first-order chi connectivity index (χ1) is 27.1. The molecule has 330 valence electrons. The second kappa shape index (κ2) is 35.5. The molecule has 1 aliphatic rings. The van der Waals surface area contributed by atoms with Crippen molar-refractivity contribution in [1.29, 1.82) is 0 Å². The number of hydrogen-bond donors (Lipinski definition) is 4. The molecular formula is C43H80O12S. The van der Waals surface area contributed by atoms with Crippen LogP contribution in [0.5, 0.6) is 0 Å². The highest BCUT2D eigenvalue weighted by Crippen LogP contribution is 2.26. The van der Waals surface area contributed by atoms with Crippen molar-refractivity contribution in [1.82, 2.24) is 0 Å². The van der Waals surface area contributed by atoms with Gasteiger partial charge in [-0.1, -0.05) is 141 Å². The van der Waals surface area contributed by atoms with Gasteiger partial charge in [0.1, 0.15) is 30.5 Å². The first-order valence-electron chi connectivity index (χ1n) is 22.1. The van der Waals surface area contributed by atoms with Gasteiger partial charge < -0.3 is 34.3 Å². The minimum Gasteiger partial charge on any atom is -0.457 e. The molecule has 0 aromatic rings. The van der Waals surface area contributed by atoms with E-state index in [9.17, 15) is 28.5 Å². The fourth-order valence-corrected chi connectivity index (χ4v) is 7.18. The molecule has 0 aromatic heterocycles. The normalized spacial score (nSPS) is 21.0. The molecule has 13 heteroatoms. The lowest BCUT2D eigenvalue weighted by Crippen LogP contribution is -2.60. The zero-order chi connectivity index (χ0) is 41.1. The van der Waals surface area contributed by atoms with E-state index in [1.807, 2.05) is 0 Å². The van der Waals surface area contributed by atoms with Crippen molar-refractivity contribution in [3.8, 4) is 0 Å². The van der Waals surface area contributed by atoms with E-state index >= 15 is 0 Å². The molecule has 6 atom stereocenters. The molecule has 1 rings (SSSR count). The minimum absolute atomic E-state index is 0.0317. The van der Waals surface area contributed by atoms with Crippen molar-refractivity contribution in [2.24, 2.45) is 0 Å². The van der Waals surface area contributed by atoms with Gasteiger partial charge in [-0.2, -0.15) is 8.42 Å². The third kappa shape index (κ3) is 28.9. The zero-order valence-corrected chi connectivity index (χ0v) is 35.8. The molecule has 1 fully saturated rings. The Morgan fingerprint density at radius 3 is 1.68 bits per heavy atom. The minimum atomic E-state index is -5.06. The maximum Gasteiger partial charge on any atom is 0.397 e. The van der Waals surface area contributed by atoms with Gasteiger partial charge in [0.05, 0.1) is 19.8 Å². The van der Waals surface area contributed by atoms with Gasteiger partial charge in [-0.25, -0.2) is 4.18 Å². The number of aliphatic hydroxyl groups is 3. The quantitative estimate of drug-likeness (QED) is 0.0202. The number of aliphatic hydroxyl groups excluding tert-OH is 3. The van der Waals surface area contributed by atoms with Gasteiger partial charge in [0, 0.05) is 13.0 Å². The first-order valence-corrected chi connectivity index (χ1v) is 23.5. The van der Waals surface area contributed by atoms with E-state index < -0.39 is 59.8 Å². The summed E-state index contributed by atoms with van der Waals surface area (Å²) in [5, 5.41) is 30.6. The Bertz CT molecular complexity index is 1080. The largest absolute Gasteiger partial charge is 0.457 e. The topological polar surface area (TPSA) is 178 Å². The molecular weight excluding hydrogens is 741 g/mol. The lowest BCUT2D eigenvalue weighted by atomic mass is 9.99. The van der Waals surface area contributed by atoms with Crippen LogP contribution in [0, 0.1) is 0 Å². The molecule has 1 heterocycles. The highest BCUT2D eigenvalue weighted by Gasteiger charge is 2.48. The summed E-state index contributed by atoms with van der Waals surface area (Å²) in [6.07, 6.45) is 29.3. The van der Waals surface area contributed by atoms with Crippen LogP contribution in [-0.2, 0) is 38.3 Å². The van der Waals surface area contributed by atoms with Gasteiger partial charge >= 0.3 is 16.4 Å². The lowest BCUT2D eigenvalue weighted by Gasteiger charge is -2.41. The first kappa shape index (κ1) is 52.6. The number of esters is 1. The highest BCUT2D eigenvalue weighted by atomic mass is 32.3. The molecule has 0 aliphatic carbocycles. The molecule has 4 N–H and O–H groups in total. The van der Waals surface area contributed by atoms with E-state index in [0.717, 1.165) is 57.8 Å². The maximum absolute atomic E-state index is 12.8. The Morgan fingerprint density at radius 2 is 1.16 bits per heavy atom. The van der Waals surface area contributed by atoms with Crippen molar-refractivity contribution in [2.45, 2.75) is 218 Å². The molecule has 0 spiro atoms. The fourth-order valence-electron chi connectivity index (χ4n) is 6.67. The van der Waals surface area contributed by atoms with E-state index in [1.165, 1.54) is 96.3 Å². The molecule has 1 saturated heterocycles. The van der Waals surface area contributed by atoms with Crippen LogP contribution < -0.4 is 0 Å². The second-order valence-corrected chi connectivity index (χ2v) is 16.3. The molecule has 1 aliphatic heterocycles. The SMILES string of the molecule is CCC/C=C\CCCCCCCCOCC(COC1OC(CO)C(O)C(OS(=O)(=O)O)C1O)OC(=O)CCCCCCCCC/C=C\CCCCCCCCC. The summed E-state index contributed by atoms with van der Waals surface area (Å²) in [6, 6.07) is 0. The van der Waals surface area contributed by atoms with Crippen LogP contribution in [0.2, 0.25) is 0 Å². The average Bonchev–Trinajstić information content (AvgIpc) is 3.17. The predicted molar refractivity (Wildman–Crippen MR) is 221 cm³/mol. The Balaban J connectivity index is 2.42. The average molecular weight is 821 g/mol. The summed E-state index contributed by atoms with van der Waals surface area (Å²) in [7, 11) is -5.06. The molecule has 0 aromatic carbocycles.